The summed E-state index contributed by atoms with van der Waals surface area (Å²) in [6, 6.07) is 0. The molecule has 4 aliphatic rings. The normalized spacial score (nSPS) is 41.1. The Hall–Kier alpha value is -0.820. The molecule has 2 unspecified atom stereocenters. The third-order valence-electron chi connectivity index (χ3n) is 12.7. The summed E-state index contributed by atoms with van der Waals surface area (Å²) in [5, 5.41) is 46.5. The van der Waals surface area contributed by atoms with E-state index in [1.165, 1.54) is 0 Å². The van der Waals surface area contributed by atoms with E-state index in [1.54, 1.807) is 0 Å². The van der Waals surface area contributed by atoms with Crippen LogP contribution in [0, 0.1) is 46.3 Å². The van der Waals surface area contributed by atoms with Gasteiger partial charge in [-0.1, -0.05) is 20.8 Å². The summed E-state index contributed by atoms with van der Waals surface area (Å²) in [7, 11) is -0.775. The molecule has 1 amide bonds. The molecular formula is C32H58N2O8S. The highest BCUT2D eigenvalue weighted by molar-refractivity contribution is 7.85. The fraction of sp³-hybridized carbons (Fsp3) is 0.969. The van der Waals surface area contributed by atoms with Crippen LogP contribution in [-0.2, 0) is 14.9 Å². The standard InChI is InChI=1S/C32H58N2O8S/c1-20(7-10-29(39)33-13-6-14-34(4,5)18-23(36)19-43(40,41)42)24-8-9-25-30-26(17-28(38)32(24,25)3)31(2)12-11-22(35)15-21(31)16-27(30)37/h20-28,30,35-38H,6-19H2,1-5H3,(H-,33,39,40,41,42)/t20-,21+,22-,23?,24?,25+,26+,27-,28+,30+,31+,32-/m1/s1. The lowest BCUT2D eigenvalue weighted by Gasteiger charge is -2.63. The lowest BCUT2D eigenvalue weighted by molar-refractivity contribution is -0.893. The first-order valence-electron chi connectivity index (χ1n) is 16.6. The van der Waals surface area contributed by atoms with Crippen molar-refractivity contribution in [3.05, 3.63) is 0 Å². The van der Waals surface area contributed by atoms with Crippen molar-refractivity contribution in [3.63, 3.8) is 0 Å². The van der Waals surface area contributed by atoms with E-state index >= 15 is 0 Å². The minimum absolute atomic E-state index is 0.0141. The summed E-state index contributed by atoms with van der Waals surface area (Å²) in [5.41, 5.74) is -0.229. The van der Waals surface area contributed by atoms with E-state index in [2.05, 4.69) is 26.1 Å². The van der Waals surface area contributed by atoms with Crippen LogP contribution in [0.2, 0.25) is 0 Å². The van der Waals surface area contributed by atoms with Crippen molar-refractivity contribution >= 4 is 16.0 Å². The highest BCUT2D eigenvalue weighted by Crippen LogP contribution is 2.68. The first-order valence-corrected chi connectivity index (χ1v) is 18.2. The van der Waals surface area contributed by atoms with Crippen molar-refractivity contribution < 1.29 is 42.7 Å². The molecule has 10 nitrogen and oxygen atoms in total. The maximum atomic E-state index is 12.7. The molecular weight excluding hydrogens is 572 g/mol. The summed E-state index contributed by atoms with van der Waals surface area (Å²) in [6.45, 7) is 8.02. The zero-order chi connectivity index (χ0) is 32.0. The van der Waals surface area contributed by atoms with E-state index in [1.807, 2.05) is 14.1 Å². The largest absolute Gasteiger partial charge is 0.748 e. The Labute approximate surface area is 259 Å². The zero-order valence-electron chi connectivity index (χ0n) is 27.0. The minimum atomic E-state index is -4.48. The van der Waals surface area contributed by atoms with E-state index in [9.17, 15) is 38.2 Å². The number of carbonyl (C=O) groups excluding carboxylic acids is 1. The van der Waals surface area contributed by atoms with Gasteiger partial charge >= 0.3 is 0 Å². The van der Waals surface area contributed by atoms with Crippen LogP contribution in [0.15, 0.2) is 0 Å². The average molecular weight is 631 g/mol. The third-order valence-corrected chi connectivity index (χ3v) is 13.5. The number of rotatable bonds is 12. The number of nitrogens with zero attached hydrogens (tertiary/aromatic N) is 1. The van der Waals surface area contributed by atoms with Crippen LogP contribution in [0.25, 0.3) is 0 Å². The van der Waals surface area contributed by atoms with Gasteiger partial charge in [0.2, 0.25) is 5.91 Å². The van der Waals surface area contributed by atoms with Crippen molar-refractivity contribution in [2.75, 3.05) is 39.5 Å². The fourth-order valence-corrected chi connectivity index (χ4v) is 11.0. The summed E-state index contributed by atoms with van der Waals surface area (Å²) in [4.78, 5) is 12.7. The van der Waals surface area contributed by atoms with Crippen molar-refractivity contribution in [2.24, 2.45) is 46.3 Å². The number of aliphatic hydroxyl groups excluding tert-OH is 4. The first-order chi connectivity index (χ1) is 19.9. The lowest BCUT2D eigenvalue weighted by atomic mass is 9.43. The number of hydrogen-bond donors (Lipinski definition) is 5. The second kappa shape index (κ2) is 13.1. The van der Waals surface area contributed by atoms with Gasteiger partial charge in [-0.15, -0.1) is 0 Å². The van der Waals surface area contributed by atoms with Crippen molar-refractivity contribution in [2.45, 2.75) is 109 Å². The van der Waals surface area contributed by atoms with E-state index in [0.29, 0.717) is 42.8 Å². The van der Waals surface area contributed by atoms with Crippen LogP contribution in [0.3, 0.4) is 0 Å². The van der Waals surface area contributed by atoms with Gasteiger partial charge in [-0.05, 0) is 97.7 Å². The second-order valence-corrected chi connectivity index (χ2v) is 17.4. The number of fused-ring (bicyclic) bond motifs is 5. The number of carbonyl (C=O) groups is 1. The topological polar surface area (TPSA) is 167 Å². The molecule has 0 saturated heterocycles. The Balaban J connectivity index is 1.27. The molecule has 0 aromatic heterocycles. The Kier molecular flexibility index (Phi) is 10.7. The number of quaternary nitrogens is 1. The molecule has 4 rings (SSSR count). The Morgan fingerprint density at radius 1 is 1.07 bits per heavy atom. The zero-order valence-corrected chi connectivity index (χ0v) is 27.8. The molecule has 0 aromatic carbocycles. The van der Waals surface area contributed by atoms with Gasteiger partial charge in [-0.2, -0.15) is 0 Å². The second-order valence-electron chi connectivity index (χ2n) is 16.0. The van der Waals surface area contributed by atoms with Crippen LogP contribution >= 0.6 is 0 Å². The van der Waals surface area contributed by atoms with Gasteiger partial charge in [0.1, 0.15) is 12.6 Å². The van der Waals surface area contributed by atoms with Gasteiger partial charge in [-0.3, -0.25) is 4.79 Å². The van der Waals surface area contributed by atoms with Crippen molar-refractivity contribution in [1.29, 1.82) is 0 Å². The highest BCUT2D eigenvalue weighted by Gasteiger charge is 2.65. The van der Waals surface area contributed by atoms with Crippen molar-refractivity contribution in [1.82, 2.24) is 5.32 Å². The van der Waals surface area contributed by atoms with Crippen LogP contribution < -0.4 is 5.32 Å². The molecule has 250 valence electrons. The predicted octanol–water partition coefficient (Wildman–Crippen LogP) is 1.85. The minimum Gasteiger partial charge on any atom is -0.748 e. The Morgan fingerprint density at radius 3 is 2.44 bits per heavy atom. The maximum absolute atomic E-state index is 12.7. The summed E-state index contributed by atoms with van der Waals surface area (Å²) < 4.78 is 33.0. The van der Waals surface area contributed by atoms with Crippen LogP contribution in [0.4, 0.5) is 0 Å². The van der Waals surface area contributed by atoms with Crippen LogP contribution in [0.1, 0.15) is 85.0 Å². The molecule has 0 radical (unpaired) electrons. The van der Waals surface area contributed by atoms with Gasteiger partial charge in [0.25, 0.3) is 0 Å². The van der Waals surface area contributed by atoms with Crippen LogP contribution in [-0.4, -0.2) is 108 Å². The monoisotopic (exact) mass is 630 g/mol. The number of amides is 1. The van der Waals surface area contributed by atoms with E-state index in [4.69, 9.17) is 0 Å². The van der Waals surface area contributed by atoms with Gasteiger partial charge in [-0.25, -0.2) is 8.42 Å². The molecule has 4 saturated carbocycles. The number of aliphatic hydroxyl groups is 4. The molecule has 4 fully saturated rings. The molecule has 0 heterocycles. The van der Waals surface area contributed by atoms with Crippen molar-refractivity contribution in [3.8, 4) is 0 Å². The smallest absolute Gasteiger partial charge is 0.220 e. The van der Waals surface area contributed by atoms with E-state index < -0.39 is 34.2 Å². The predicted molar refractivity (Wildman–Crippen MR) is 162 cm³/mol. The number of likely N-dealkylation sites (N-methyl/N-ethyl adjacent to an activating group) is 1. The van der Waals surface area contributed by atoms with E-state index in [-0.39, 0.29) is 59.0 Å². The highest BCUT2D eigenvalue weighted by atomic mass is 32.2. The SMILES string of the molecule is C[C@H](CCC(=O)NCCC[N+](C)(C)CC(O)CS(=O)(=O)[O-])C1CC[C@H]2[C@@H]3[C@H](O)C[C@@H]4C[C@H](O)CC[C@]4(C)[C@H]3C[C@H](O)[C@]12C. The molecule has 0 aliphatic heterocycles. The van der Waals surface area contributed by atoms with Gasteiger partial charge in [0, 0.05) is 19.4 Å². The van der Waals surface area contributed by atoms with Gasteiger partial charge < -0.3 is 34.8 Å². The summed E-state index contributed by atoms with van der Waals surface area (Å²) in [6.07, 6.45) is 5.44. The summed E-state index contributed by atoms with van der Waals surface area (Å²) >= 11 is 0. The fourth-order valence-electron chi connectivity index (χ4n) is 10.5. The molecule has 0 aromatic rings. The Bertz CT molecular complexity index is 1090. The number of hydrogen-bond acceptors (Lipinski definition) is 8. The summed E-state index contributed by atoms with van der Waals surface area (Å²) in [5.74, 6) is 0.749. The van der Waals surface area contributed by atoms with E-state index in [0.717, 1.165) is 44.9 Å². The lowest BCUT2D eigenvalue weighted by Crippen LogP contribution is -2.62. The first kappa shape index (κ1) is 35.0. The molecule has 43 heavy (non-hydrogen) atoms. The Morgan fingerprint density at radius 2 is 1.77 bits per heavy atom. The molecule has 11 heteroatoms. The van der Waals surface area contributed by atoms with Crippen LogP contribution in [0.5, 0.6) is 0 Å². The molecule has 0 spiro atoms. The average Bonchev–Trinajstić information content (AvgIpc) is 3.24. The third kappa shape index (κ3) is 7.60. The molecule has 12 atom stereocenters. The number of nitrogens with one attached hydrogen (secondary N) is 1. The quantitative estimate of drug-likeness (QED) is 0.124. The van der Waals surface area contributed by atoms with Gasteiger partial charge in [0.05, 0.1) is 54.8 Å². The van der Waals surface area contributed by atoms with Gasteiger partial charge in [0.15, 0.2) is 0 Å². The molecule has 0 bridgehead atoms. The maximum Gasteiger partial charge on any atom is 0.220 e. The molecule has 4 aliphatic carbocycles. The molecule has 5 N–H and O–H groups in total.